The van der Waals surface area contributed by atoms with Crippen LogP contribution in [0.2, 0.25) is 5.02 Å². The van der Waals surface area contributed by atoms with E-state index in [1.165, 1.54) is 7.11 Å². The van der Waals surface area contributed by atoms with E-state index in [2.05, 4.69) is 22.6 Å². The highest BCUT2D eigenvalue weighted by atomic mass is 127. The molecule has 2 aromatic carbocycles. The molecule has 0 atom stereocenters. The molecule has 0 aliphatic carbocycles. The lowest BCUT2D eigenvalue weighted by Crippen LogP contribution is -2.46. The van der Waals surface area contributed by atoms with Crippen molar-refractivity contribution in [1.82, 2.24) is 9.80 Å². The fraction of sp³-hybridized carbons (Fsp3) is 0.292. The van der Waals surface area contributed by atoms with Crippen LogP contribution in [0.5, 0.6) is 11.5 Å². The molecule has 0 spiro atoms. The maximum absolute atomic E-state index is 12.9. The zero-order valence-electron chi connectivity index (χ0n) is 18.8. The van der Waals surface area contributed by atoms with Crippen LogP contribution in [-0.4, -0.2) is 66.8 Å². The van der Waals surface area contributed by atoms with Gasteiger partial charge in [0.05, 0.1) is 28.8 Å². The second-order valence-corrected chi connectivity index (χ2v) is 10.2. The van der Waals surface area contributed by atoms with E-state index in [9.17, 15) is 14.4 Å². The Hall–Kier alpha value is -2.28. The van der Waals surface area contributed by atoms with Gasteiger partial charge >= 0.3 is 0 Å². The molecule has 0 bridgehead atoms. The summed E-state index contributed by atoms with van der Waals surface area (Å²) in [5, 5.41) is 0.144. The molecule has 0 aromatic heterocycles. The summed E-state index contributed by atoms with van der Waals surface area (Å²) in [6.07, 6.45) is 1.62. The highest BCUT2D eigenvalue weighted by molar-refractivity contribution is 14.1. The first-order valence-electron chi connectivity index (χ1n) is 10.7. The first kappa shape index (κ1) is 25.8. The number of halogens is 2. The first-order chi connectivity index (χ1) is 16.9. The average molecular weight is 629 g/mol. The molecular weight excluding hydrogens is 607 g/mol. The fourth-order valence-corrected chi connectivity index (χ4v) is 5.37. The molecule has 2 saturated heterocycles. The maximum Gasteiger partial charge on any atom is 0.294 e. The summed E-state index contributed by atoms with van der Waals surface area (Å²) in [4.78, 5) is 40.7. The molecule has 0 radical (unpaired) electrons. The number of rotatable bonds is 7. The quantitative estimate of drug-likeness (QED) is 0.332. The van der Waals surface area contributed by atoms with Crippen LogP contribution in [0.1, 0.15) is 11.1 Å². The van der Waals surface area contributed by atoms with Gasteiger partial charge in [-0.3, -0.25) is 19.3 Å². The van der Waals surface area contributed by atoms with Gasteiger partial charge in [0.15, 0.2) is 11.5 Å². The van der Waals surface area contributed by atoms with Crippen LogP contribution in [0.25, 0.3) is 6.08 Å². The zero-order valence-corrected chi connectivity index (χ0v) is 22.5. The minimum atomic E-state index is -0.491. The summed E-state index contributed by atoms with van der Waals surface area (Å²) < 4.78 is 17.5. The fourth-order valence-electron chi connectivity index (χ4n) is 3.56. The Balaban J connectivity index is 1.49. The number of nitrogens with zero attached hydrogens (tertiary/aromatic N) is 2. The van der Waals surface area contributed by atoms with Crippen LogP contribution in [0, 0.1) is 3.57 Å². The Bertz CT molecular complexity index is 1180. The van der Waals surface area contributed by atoms with E-state index in [-0.39, 0.29) is 24.0 Å². The predicted molar refractivity (Wildman–Crippen MR) is 142 cm³/mol. The topological polar surface area (TPSA) is 85.4 Å². The lowest BCUT2D eigenvalue weighted by Gasteiger charge is -2.28. The SMILES string of the molecule is COc1cc(/C=C2\SC(=O)N(CC(=O)N3CCOCC3)C2=O)cc(I)c1OCc1ccccc1Cl. The first-order valence-corrected chi connectivity index (χ1v) is 13.0. The van der Waals surface area contributed by atoms with Gasteiger partial charge in [-0.1, -0.05) is 29.8 Å². The van der Waals surface area contributed by atoms with Crippen LogP contribution in [0.15, 0.2) is 41.3 Å². The summed E-state index contributed by atoms with van der Waals surface area (Å²) >= 11 is 9.16. The standard InChI is InChI=1S/C24H22ClIN2O6S/c1-32-19-11-15(10-18(26)22(19)34-14-16-4-2-3-5-17(16)25)12-20-23(30)28(24(31)35-20)13-21(29)27-6-8-33-9-7-27/h2-5,10-12H,6-9,13-14H2,1H3/b20-12-. The largest absolute Gasteiger partial charge is 0.493 e. The third-order valence-electron chi connectivity index (χ3n) is 5.41. The molecule has 184 valence electrons. The van der Waals surface area contributed by atoms with Crippen molar-refractivity contribution < 1.29 is 28.6 Å². The molecule has 11 heteroatoms. The normalized spacial score (nSPS) is 17.3. The number of hydrogen-bond acceptors (Lipinski definition) is 7. The summed E-state index contributed by atoms with van der Waals surface area (Å²) in [5.74, 6) is 0.272. The van der Waals surface area contributed by atoms with Crippen LogP contribution < -0.4 is 9.47 Å². The van der Waals surface area contributed by atoms with E-state index < -0.39 is 11.1 Å². The van der Waals surface area contributed by atoms with Crippen LogP contribution in [0.4, 0.5) is 4.79 Å². The van der Waals surface area contributed by atoms with Gasteiger partial charge in [-0.15, -0.1) is 0 Å². The van der Waals surface area contributed by atoms with E-state index in [0.717, 1.165) is 25.8 Å². The highest BCUT2D eigenvalue weighted by Gasteiger charge is 2.37. The molecule has 2 aromatic rings. The van der Waals surface area contributed by atoms with E-state index in [4.69, 9.17) is 25.8 Å². The van der Waals surface area contributed by atoms with Gasteiger partial charge in [0.1, 0.15) is 13.2 Å². The monoisotopic (exact) mass is 628 g/mol. The van der Waals surface area contributed by atoms with Crippen molar-refractivity contribution in [2.75, 3.05) is 40.0 Å². The minimum absolute atomic E-state index is 0.243. The molecule has 0 saturated carbocycles. The number of thioether (sulfide) groups is 1. The Kier molecular flexibility index (Phi) is 8.58. The van der Waals surface area contributed by atoms with Crippen molar-refractivity contribution in [3.05, 3.63) is 61.0 Å². The molecule has 2 aliphatic heterocycles. The Morgan fingerprint density at radius 2 is 1.97 bits per heavy atom. The van der Waals surface area contributed by atoms with Gasteiger partial charge < -0.3 is 19.1 Å². The van der Waals surface area contributed by atoms with Gasteiger partial charge in [0.2, 0.25) is 5.91 Å². The highest BCUT2D eigenvalue weighted by Crippen LogP contribution is 2.38. The van der Waals surface area contributed by atoms with Gasteiger partial charge in [0.25, 0.3) is 11.1 Å². The number of morpholine rings is 1. The van der Waals surface area contributed by atoms with Crippen LogP contribution in [-0.2, 0) is 20.9 Å². The van der Waals surface area contributed by atoms with Crippen molar-refractivity contribution >= 4 is 69.1 Å². The number of amides is 3. The number of imide groups is 1. The predicted octanol–water partition coefficient (Wildman–Crippen LogP) is 4.43. The van der Waals surface area contributed by atoms with Gasteiger partial charge in [-0.2, -0.15) is 0 Å². The average Bonchev–Trinajstić information content (AvgIpc) is 3.11. The van der Waals surface area contributed by atoms with Gasteiger partial charge in [-0.05, 0) is 64.2 Å². The molecule has 0 N–H and O–H groups in total. The third kappa shape index (κ3) is 6.11. The molecule has 3 amide bonds. The summed E-state index contributed by atoms with van der Waals surface area (Å²) in [6.45, 7) is 1.79. The summed E-state index contributed by atoms with van der Waals surface area (Å²) in [6, 6.07) is 11.0. The molecule has 2 aliphatic rings. The van der Waals surface area contributed by atoms with E-state index in [1.54, 1.807) is 23.1 Å². The molecule has 35 heavy (non-hydrogen) atoms. The lowest BCUT2D eigenvalue weighted by atomic mass is 10.1. The van der Waals surface area contributed by atoms with Crippen molar-refractivity contribution in [3.8, 4) is 11.5 Å². The number of ether oxygens (including phenoxy) is 3. The number of carbonyl (C=O) groups excluding carboxylic acids is 3. The third-order valence-corrected chi connectivity index (χ3v) is 7.49. The smallest absolute Gasteiger partial charge is 0.294 e. The Morgan fingerprint density at radius 3 is 2.69 bits per heavy atom. The van der Waals surface area contributed by atoms with Gasteiger partial charge in [0, 0.05) is 23.7 Å². The second-order valence-electron chi connectivity index (χ2n) is 7.68. The summed E-state index contributed by atoms with van der Waals surface area (Å²) in [5.41, 5.74) is 1.51. The zero-order chi connectivity index (χ0) is 24.9. The number of hydrogen-bond donors (Lipinski definition) is 0. The Morgan fingerprint density at radius 1 is 1.23 bits per heavy atom. The Labute approximate surface area is 225 Å². The molecule has 4 rings (SSSR count). The minimum Gasteiger partial charge on any atom is -0.493 e. The van der Waals surface area contributed by atoms with E-state index >= 15 is 0 Å². The van der Waals surface area contributed by atoms with Crippen molar-refractivity contribution in [3.63, 3.8) is 0 Å². The maximum atomic E-state index is 12.9. The van der Waals surface area contributed by atoms with Crippen LogP contribution in [0.3, 0.4) is 0 Å². The number of methoxy groups -OCH3 is 1. The van der Waals surface area contributed by atoms with Crippen molar-refractivity contribution in [2.45, 2.75) is 6.61 Å². The summed E-state index contributed by atoms with van der Waals surface area (Å²) in [7, 11) is 1.53. The number of carbonyl (C=O) groups is 3. The molecule has 0 unspecified atom stereocenters. The number of benzene rings is 2. The van der Waals surface area contributed by atoms with Crippen molar-refractivity contribution in [1.29, 1.82) is 0 Å². The molecule has 2 fully saturated rings. The lowest BCUT2D eigenvalue weighted by molar-refractivity contribution is -0.139. The second kappa shape index (κ2) is 11.6. The molecular formula is C24H22ClIN2O6S. The van der Waals surface area contributed by atoms with E-state index in [0.29, 0.717) is 48.4 Å². The van der Waals surface area contributed by atoms with Crippen molar-refractivity contribution in [2.24, 2.45) is 0 Å². The van der Waals surface area contributed by atoms with Crippen LogP contribution >= 0.6 is 46.0 Å². The molecule has 2 heterocycles. The van der Waals surface area contributed by atoms with E-state index in [1.807, 2.05) is 24.3 Å². The molecule has 8 nitrogen and oxygen atoms in total. The van der Waals surface area contributed by atoms with Gasteiger partial charge in [-0.25, -0.2) is 0 Å².